The van der Waals surface area contributed by atoms with Crippen LogP contribution in [0, 0.1) is 12.8 Å². The highest BCUT2D eigenvalue weighted by molar-refractivity contribution is 8.13. The number of carbonyl (C=O) groups is 1. The monoisotopic (exact) mass is 333 g/mol. The van der Waals surface area contributed by atoms with Gasteiger partial charge in [-0.3, -0.25) is 4.79 Å². The number of rotatable bonds is 3. The third-order valence-electron chi connectivity index (χ3n) is 4.06. The number of aryl methyl sites for hydroxylation is 1. The molecule has 1 aliphatic heterocycles. The molecule has 0 spiro atoms. The van der Waals surface area contributed by atoms with Gasteiger partial charge in [0.2, 0.25) is 0 Å². The number of carbonyl (C=O) groups excluding carboxylic acids is 1. The van der Waals surface area contributed by atoms with Gasteiger partial charge >= 0.3 is 0 Å². The molecule has 1 amide bonds. The van der Waals surface area contributed by atoms with Crippen molar-refractivity contribution in [2.45, 2.75) is 44.4 Å². The Morgan fingerprint density at radius 2 is 2.14 bits per heavy atom. The van der Waals surface area contributed by atoms with Crippen molar-refractivity contribution in [3.8, 4) is 0 Å². The maximum atomic E-state index is 12.4. The van der Waals surface area contributed by atoms with Gasteiger partial charge in [0.15, 0.2) is 5.76 Å². The molecule has 1 aromatic heterocycles. The van der Waals surface area contributed by atoms with E-state index in [1.54, 1.807) is 4.90 Å². The standard InChI is InChI=1S/C14H20ClNO4S/c1-3-11-5-4-7-16(8-6-11)14(17)12-9-13(10(2)20-12)21(15,18)19/h9,11H,3-8H2,1-2H3. The van der Waals surface area contributed by atoms with Crippen LogP contribution < -0.4 is 0 Å². The molecule has 0 radical (unpaired) electrons. The van der Waals surface area contributed by atoms with Crippen molar-refractivity contribution >= 4 is 25.6 Å². The van der Waals surface area contributed by atoms with Crippen molar-refractivity contribution in [3.05, 3.63) is 17.6 Å². The Morgan fingerprint density at radius 1 is 1.43 bits per heavy atom. The second-order valence-electron chi connectivity index (χ2n) is 5.47. The minimum absolute atomic E-state index is 0.0432. The van der Waals surface area contributed by atoms with E-state index < -0.39 is 9.05 Å². The molecule has 0 saturated carbocycles. The molecule has 1 aliphatic rings. The normalized spacial score (nSPS) is 20.3. The molecule has 1 aromatic rings. The largest absolute Gasteiger partial charge is 0.455 e. The van der Waals surface area contributed by atoms with Gasteiger partial charge in [0, 0.05) is 29.8 Å². The van der Waals surface area contributed by atoms with Crippen LogP contribution in [0.3, 0.4) is 0 Å². The Balaban J connectivity index is 2.17. The molecular weight excluding hydrogens is 314 g/mol. The number of furan rings is 1. The average Bonchev–Trinajstić information content (AvgIpc) is 2.67. The van der Waals surface area contributed by atoms with E-state index in [0.29, 0.717) is 19.0 Å². The summed E-state index contributed by atoms with van der Waals surface area (Å²) < 4.78 is 28.1. The summed E-state index contributed by atoms with van der Waals surface area (Å²) in [7, 11) is 1.43. The molecular formula is C14H20ClNO4S. The Bertz CT molecular complexity index is 623. The molecule has 0 aliphatic carbocycles. The molecule has 2 rings (SSSR count). The Morgan fingerprint density at radius 3 is 2.71 bits per heavy atom. The van der Waals surface area contributed by atoms with Crippen molar-refractivity contribution in [2.75, 3.05) is 13.1 Å². The molecule has 1 saturated heterocycles. The first-order chi connectivity index (χ1) is 9.82. The highest BCUT2D eigenvalue weighted by Crippen LogP contribution is 2.26. The smallest absolute Gasteiger partial charge is 0.289 e. The molecule has 7 heteroatoms. The van der Waals surface area contributed by atoms with E-state index in [9.17, 15) is 13.2 Å². The van der Waals surface area contributed by atoms with Gasteiger partial charge in [0.05, 0.1) is 0 Å². The van der Waals surface area contributed by atoms with Crippen LogP contribution in [-0.4, -0.2) is 32.3 Å². The molecule has 5 nitrogen and oxygen atoms in total. The predicted molar refractivity (Wildman–Crippen MR) is 80.0 cm³/mol. The number of amides is 1. The summed E-state index contributed by atoms with van der Waals surface area (Å²) >= 11 is 0. The average molecular weight is 334 g/mol. The maximum Gasteiger partial charge on any atom is 0.289 e. The van der Waals surface area contributed by atoms with Gasteiger partial charge in [-0.05, 0) is 32.1 Å². The Labute approximate surface area is 129 Å². The Kier molecular flexibility index (Phi) is 4.99. The Hall–Kier alpha value is -1.01. The first-order valence-electron chi connectivity index (χ1n) is 7.17. The van der Waals surface area contributed by atoms with Gasteiger partial charge in [-0.2, -0.15) is 0 Å². The molecule has 2 heterocycles. The fourth-order valence-corrected chi connectivity index (χ4v) is 3.84. The lowest BCUT2D eigenvalue weighted by atomic mass is 9.98. The molecule has 118 valence electrons. The van der Waals surface area contributed by atoms with Gasteiger partial charge in [0.25, 0.3) is 15.0 Å². The maximum absolute atomic E-state index is 12.4. The van der Waals surface area contributed by atoms with Gasteiger partial charge < -0.3 is 9.32 Å². The second kappa shape index (κ2) is 6.40. The highest BCUT2D eigenvalue weighted by Gasteiger charge is 2.26. The van der Waals surface area contributed by atoms with Gasteiger partial charge in [-0.25, -0.2) is 8.42 Å². The van der Waals surface area contributed by atoms with Crippen LogP contribution in [-0.2, 0) is 9.05 Å². The number of nitrogens with zero attached hydrogens (tertiary/aromatic N) is 1. The van der Waals surface area contributed by atoms with E-state index in [4.69, 9.17) is 15.1 Å². The summed E-state index contributed by atoms with van der Waals surface area (Å²) in [6.07, 6.45) is 4.18. The molecule has 0 N–H and O–H groups in total. The van der Waals surface area contributed by atoms with E-state index in [0.717, 1.165) is 25.7 Å². The summed E-state index contributed by atoms with van der Waals surface area (Å²) in [5, 5.41) is 0. The van der Waals surface area contributed by atoms with Crippen LogP contribution in [0.2, 0.25) is 0 Å². The topological polar surface area (TPSA) is 67.6 Å². The van der Waals surface area contributed by atoms with E-state index in [-0.39, 0.29) is 22.3 Å². The second-order valence-corrected chi connectivity index (χ2v) is 8.00. The van der Waals surface area contributed by atoms with Crippen molar-refractivity contribution in [2.24, 2.45) is 5.92 Å². The summed E-state index contributed by atoms with van der Waals surface area (Å²) in [6.45, 7) is 5.01. The van der Waals surface area contributed by atoms with E-state index in [1.807, 2.05) is 0 Å². The molecule has 0 aromatic carbocycles. The van der Waals surface area contributed by atoms with Crippen LogP contribution in [0.25, 0.3) is 0 Å². The van der Waals surface area contributed by atoms with Crippen LogP contribution in [0.4, 0.5) is 0 Å². The molecule has 1 atom stereocenters. The van der Waals surface area contributed by atoms with Crippen LogP contribution in [0.5, 0.6) is 0 Å². The zero-order valence-electron chi connectivity index (χ0n) is 12.3. The molecule has 1 fully saturated rings. The summed E-state index contributed by atoms with van der Waals surface area (Å²) in [5.41, 5.74) is 0. The lowest BCUT2D eigenvalue weighted by Crippen LogP contribution is -2.31. The van der Waals surface area contributed by atoms with E-state index in [2.05, 4.69) is 6.92 Å². The fourth-order valence-electron chi connectivity index (χ4n) is 2.75. The minimum Gasteiger partial charge on any atom is -0.455 e. The van der Waals surface area contributed by atoms with Crippen molar-refractivity contribution < 1.29 is 17.6 Å². The third kappa shape index (κ3) is 3.80. The van der Waals surface area contributed by atoms with Gasteiger partial charge in [0.1, 0.15) is 10.7 Å². The van der Waals surface area contributed by atoms with E-state index in [1.165, 1.54) is 13.0 Å². The lowest BCUT2D eigenvalue weighted by Gasteiger charge is -2.19. The fraction of sp³-hybridized carbons (Fsp3) is 0.643. The predicted octanol–water partition coefficient (Wildman–Crippen LogP) is 3.17. The first-order valence-corrected chi connectivity index (χ1v) is 9.48. The number of halogens is 1. The minimum atomic E-state index is -3.89. The SMILES string of the molecule is CCC1CCCN(C(=O)c2cc(S(=O)(=O)Cl)c(C)o2)CC1. The molecule has 21 heavy (non-hydrogen) atoms. The number of likely N-dealkylation sites (tertiary alicyclic amines) is 1. The lowest BCUT2D eigenvalue weighted by molar-refractivity contribution is 0.0726. The van der Waals surface area contributed by atoms with Crippen molar-refractivity contribution in [3.63, 3.8) is 0 Å². The molecule has 1 unspecified atom stereocenters. The summed E-state index contributed by atoms with van der Waals surface area (Å²) in [4.78, 5) is 14.0. The highest BCUT2D eigenvalue weighted by atomic mass is 35.7. The third-order valence-corrected chi connectivity index (χ3v) is 5.49. The van der Waals surface area contributed by atoms with Crippen LogP contribution in [0.1, 0.15) is 48.9 Å². The van der Waals surface area contributed by atoms with Crippen molar-refractivity contribution in [1.29, 1.82) is 0 Å². The van der Waals surface area contributed by atoms with Crippen LogP contribution in [0.15, 0.2) is 15.4 Å². The summed E-state index contributed by atoms with van der Waals surface area (Å²) in [5.74, 6) is 0.581. The zero-order valence-corrected chi connectivity index (χ0v) is 13.8. The quantitative estimate of drug-likeness (QED) is 0.797. The van der Waals surface area contributed by atoms with E-state index >= 15 is 0 Å². The summed E-state index contributed by atoms with van der Waals surface area (Å²) in [6, 6.07) is 1.22. The van der Waals surface area contributed by atoms with Gasteiger partial charge in [-0.1, -0.05) is 13.3 Å². The van der Waals surface area contributed by atoms with Crippen molar-refractivity contribution in [1.82, 2.24) is 4.90 Å². The molecule has 0 bridgehead atoms. The number of hydrogen-bond acceptors (Lipinski definition) is 4. The zero-order chi connectivity index (χ0) is 15.6. The van der Waals surface area contributed by atoms with Gasteiger partial charge in [-0.15, -0.1) is 0 Å². The van der Waals surface area contributed by atoms with Crippen LogP contribution >= 0.6 is 10.7 Å². The number of hydrogen-bond donors (Lipinski definition) is 0. The first kappa shape index (κ1) is 16.4.